The minimum atomic E-state index is -0.313. The predicted molar refractivity (Wildman–Crippen MR) is 89.6 cm³/mol. The third-order valence-electron chi connectivity index (χ3n) is 3.24. The molecular formula is C16H19BrN2O2. The zero-order valence-electron chi connectivity index (χ0n) is 12.2. The highest BCUT2D eigenvalue weighted by Crippen LogP contribution is 2.30. The molecule has 0 bridgehead atoms. The molecule has 21 heavy (non-hydrogen) atoms. The summed E-state index contributed by atoms with van der Waals surface area (Å²) >= 11 is 3.55. The summed E-state index contributed by atoms with van der Waals surface area (Å²) in [5.74, 6) is -0.0425. The van der Waals surface area contributed by atoms with Crippen molar-refractivity contribution in [2.24, 2.45) is 0 Å². The number of halogens is 1. The molecule has 0 saturated carbocycles. The molecule has 0 fully saturated rings. The Hall–Kier alpha value is -1.59. The minimum absolute atomic E-state index is 0.0425. The molecule has 5 heteroatoms. The molecule has 0 aliphatic rings. The first-order chi connectivity index (χ1) is 10.1. The van der Waals surface area contributed by atoms with Crippen molar-refractivity contribution < 1.29 is 9.53 Å². The normalized spacial score (nSPS) is 12.1. The number of fused-ring (bicyclic) bond motifs is 1. The SMILES string of the molecule is COCCNC(=O)C(C)Nc1ccc(Br)c2ccccc12. The van der Waals surface area contributed by atoms with Crippen molar-refractivity contribution in [3.8, 4) is 0 Å². The van der Waals surface area contributed by atoms with Crippen molar-refractivity contribution in [3.63, 3.8) is 0 Å². The highest BCUT2D eigenvalue weighted by molar-refractivity contribution is 9.10. The van der Waals surface area contributed by atoms with E-state index in [1.165, 1.54) is 0 Å². The van der Waals surface area contributed by atoms with Gasteiger partial charge in [-0.25, -0.2) is 0 Å². The molecule has 2 N–H and O–H groups in total. The average Bonchev–Trinajstić information content (AvgIpc) is 2.50. The molecule has 0 aliphatic carbocycles. The average molecular weight is 351 g/mol. The molecule has 1 atom stereocenters. The molecule has 0 heterocycles. The number of anilines is 1. The van der Waals surface area contributed by atoms with Gasteiger partial charge in [0.2, 0.25) is 5.91 Å². The van der Waals surface area contributed by atoms with Gasteiger partial charge in [-0.3, -0.25) is 4.79 Å². The third kappa shape index (κ3) is 3.95. The molecule has 2 aromatic carbocycles. The van der Waals surface area contributed by atoms with Gasteiger partial charge in [0.1, 0.15) is 6.04 Å². The number of carbonyl (C=O) groups excluding carboxylic acids is 1. The minimum Gasteiger partial charge on any atom is -0.383 e. The van der Waals surface area contributed by atoms with E-state index in [1.807, 2.05) is 43.3 Å². The Labute approximate surface area is 133 Å². The lowest BCUT2D eigenvalue weighted by atomic mass is 10.1. The molecule has 4 nitrogen and oxygen atoms in total. The van der Waals surface area contributed by atoms with Crippen molar-refractivity contribution in [3.05, 3.63) is 40.9 Å². The molecule has 1 unspecified atom stereocenters. The zero-order valence-corrected chi connectivity index (χ0v) is 13.7. The van der Waals surface area contributed by atoms with Crippen LogP contribution < -0.4 is 10.6 Å². The van der Waals surface area contributed by atoms with Gasteiger partial charge in [-0.2, -0.15) is 0 Å². The van der Waals surface area contributed by atoms with E-state index in [1.54, 1.807) is 7.11 Å². The molecule has 112 valence electrons. The molecular weight excluding hydrogens is 332 g/mol. The monoisotopic (exact) mass is 350 g/mol. The van der Waals surface area contributed by atoms with Crippen LogP contribution in [0.25, 0.3) is 10.8 Å². The standard InChI is InChI=1S/C16H19BrN2O2/c1-11(16(20)18-9-10-21-2)19-15-8-7-14(17)12-5-3-4-6-13(12)15/h3-8,11,19H,9-10H2,1-2H3,(H,18,20). The molecule has 0 spiro atoms. The second-order valence-electron chi connectivity index (χ2n) is 4.79. The van der Waals surface area contributed by atoms with Crippen molar-refractivity contribution in [2.45, 2.75) is 13.0 Å². The summed E-state index contributed by atoms with van der Waals surface area (Å²) in [5, 5.41) is 8.30. The Kier molecular flexibility index (Phi) is 5.59. The number of ether oxygens (including phenoxy) is 1. The van der Waals surface area contributed by atoms with Gasteiger partial charge in [-0.05, 0) is 24.4 Å². The van der Waals surface area contributed by atoms with E-state index in [0.717, 1.165) is 20.9 Å². The molecule has 0 aliphatic heterocycles. The number of hydrogen-bond donors (Lipinski definition) is 2. The van der Waals surface area contributed by atoms with Crippen molar-refractivity contribution >= 4 is 38.3 Å². The predicted octanol–water partition coefficient (Wildman–Crippen LogP) is 3.17. The second kappa shape index (κ2) is 7.43. The topological polar surface area (TPSA) is 50.4 Å². The molecule has 0 saturated heterocycles. The summed E-state index contributed by atoms with van der Waals surface area (Å²) in [5.41, 5.74) is 0.947. The largest absolute Gasteiger partial charge is 0.383 e. The van der Waals surface area contributed by atoms with Gasteiger partial charge in [-0.1, -0.05) is 40.2 Å². The Morgan fingerprint density at radius 3 is 2.67 bits per heavy atom. The van der Waals surface area contributed by atoms with Crippen molar-refractivity contribution in [1.82, 2.24) is 5.32 Å². The van der Waals surface area contributed by atoms with Crippen LogP contribution in [0.3, 0.4) is 0 Å². The van der Waals surface area contributed by atoms with Gasteiger partial charge < -0.3 is 15.4 Å². The van der Waals surface area contributed by atoms with Crippen LogP contribution in [-0.2, 0) is 9.53 Å². The number of carbonyl (C=O) groups is 1. The van der Waals surface area contributed by atoms with Crippen LogP contribution in [0.5, 0.6) is 0 Å². The maximum absolute atomic E-state index is 12.0. The first-order valence-electron chi connectivity index (χ1n) is 6.84. The number of nitrogens with one attached hydrogen (secondary N) is 2. The maximum Gasteiger partial charge on any atom is 0.242 e. The summed E-state index contributed by atoms with van der Waals surface area (Å²) in [6, 6.07) is 11.7. The summed E-state index contributed by atoms with van der Waals surface area (Å²) < 4.78 is 5.96. The quantitative estimate of drug-likeness (QED) is 0.786. The number of methoxy groups -OCH3 is 1. The Bertz CT molecular complexity index is 631. The molecule has 0 aromatic heterocycles. The summed E-state index contributed by atoms with van der Waals surface area (Å²) in [6.45, 7) is 2.88. The third-order valence-corrected chi connectivity index (χ3v) is 3.93. The van der Waals surface area contributed by atoms with Gasteiger partial charge >= 0.3 is 0 Å². The first kappa shape index (κ1) is 15.8. The van der Waals surface area contributed by atoms with E-state index in [0.29, 0.717) is 13.2 Å². The van der Waals surface area contributed by atoms with Crippen molar-refractivity contribution in [1.29, 1.82) is 0 Å². The maximum atomic E-state index is 12.0. The van der Waals surface area contributed by atoms with Gasteiger partial charge in [0.25, 0.3) is 0 Å². The smallest absolute Gasteiger partial charge is 0.242 e. The lowest BCUT2D eigenvalue weighted by molar-refractivity contribution is -0.121. The fraction of sp³-hybridized carbons (Fsp3) is 0.312. The van der Waals surface area contributed by atoms with Crippen LogP contribution in [0.1, 0.15) is 6.92 Å². The lowest BCUT2D eigenvalue weighted by Crippen LogP contribution is -2.39. The fourth-order valence-electron chi connectivity index (χ4n) is 2.12. The Morgan fingerprint density at radius 1 is 1.24 bits per heavy atom. The number of rotatable bonds is 6. The van der Waals surface area contributed by atoms with Crippen LogP contribution >= 0.6 is 15.9 Å². The van der Waals surface area contributed by atoms with E-state index in [4.69, 9.17) is 4.74 Å². The summed E-state index contributed by atoms with van der Waals surface area (Å²) in [7, 11) is 1.61. The number of amides is 1. The van der Waals surface area contributed by atoms with Crippen LogP contribution in [-0.4, -0.2) is 32.2 Å². The molecule has 2 aromatic rings. The Balaban J connectivity index is 2.13. The first-order valence-corrected chi connectivity index (χ1v) is 7.63. The van der Waals surface area contributed by atoms with Gasteiger partial charge in [-0.15, -0.1) is 0 Å². The van der Waals surface area contributed by atoms with E-state index >= 15 is 0 Å². The summed E-state index contributed by atoms with van der Waals surface area (Å²) in [6.07, 6.45) is 0. The van der Waals surface area contributed by atoms with Crippen LogP contribution in [0.4, 0.5) is 5.69 Å². The van der Waals surface area contributed by atoms with Gasteiger partial charge in [0.05, 0.1) is 6.61 Å². The van der Waals surface area contributed by atoms with E-state index in [2.05, 4.69) is 26.6 Å². The van der Waals surface area contributed by atoms with Gasteiger partial charge in [0.15, 0.2) is 0 Å². The van der Waals surface area contributed by atoms with Gasteiger partial charge in [0, 0.05) is 29.2 Å². The number of benzene rings is 2. The highest BCUT2D eigenvalue weighted by Gasteiger charge is 2.13. The fourth-order valence-corrected chi connectivity index (χ4v) is 2.59. The Morgan fingerprint density at radius 2 is 1.95 bits per heavy atom. The van der Waals surface area contributed by atoms with E-state index in [-0.39, 0.29) is 11.9 Å². The van der Waals surface area contributed by atoms with Crippen LogP contribution in [0.2, 0.25) is 0 Å². The second-order valence-corrected chi connectivity index (χ2v) is 5.64. The van der Waals surface area contributed by atoms with E-state index in [9.17, 15) is 4.79 Å². The molecule has 2 rings (SSSR count). The molecule has 0 radical (unpaired) electrons. The van der Waals surface area contributed by atoms with Crippen LogP contribution in [0, 0.1) is 0 Å². The van der Waals surface area contributed by atoms with Crippen molar-refractivity contribution in [2.75, 3.05) is 25.6 Å². The van der Waals surface area contributed by atoms with E-state index < -0.39 is 0 Å². The zero-order chi connectivity index (χ0) is 15.2. The number of hydrogen-bond acceptors (Lipinski definition) is 3. The van der Waals surface area contributed by atoms with Crippen LogP contribution in [0.15, 0.2) is 40.9 Å². The lowest BCUT2D eigenvalue weighted by Gasteiger charge is -2.17. The summed E-state index contributed by atoms with van der Waals surface area (Å²) in [4.78, 5) is 12.0. The molecule has 1 amide bonds. The highest BCUT2D eigenvalue weighted by atomic mass is 79.9.